The van der Waals surface area contributed by atoms with Crippen LogP contribution in [-0.2, 0) is 33.8 Å². The zero-order chi connectivity index (χ0) is 25.6. The van der Waals surface area contributed by atoms with E-state index in [-0.39, 0.29) is 30.9 Å². The van der Waals surface area contributed by atoms with Gasteiger partial charge in [-0.2, -0.15) is 0 Å². The Morgan fingerprint density at radius 3 is 2.58 bits per heavy atom. The van der Waals surface area contributed by atoms with Gasteiger partial charge in [-0.25, -0.2) is 4.79 Å². The Bertz CT molecular complexity index is 1260. The third-order valence-electron chi connectivity index (χ3n) is 6.61. The molecule has 9 heteroatoms. The largest absolute Gasteiger partial charge is 0.457 e. The number of ether oxygens (including phenoxy) is 2. The number of hydrogen-bond acceptors (Lipinski definition) is 6. The highest BCUT2D eigenvalue weighted by molar-refractivity contribution is 6.05. The van der Waals surface area contributed by atoms with Crippen molar-refractivity contribution in [3.05, 3.63) is 58.7 Å². The maximum absolute atomic E-state index is 13.1. The maximum atomic E-state index is 13.1. The lowest BCUT2D eigenvalue weighted by Crippen LogP contribution is -2.52. The monoisotopic (exact) mass is 491 g/mol. The quantitative estimate of drug-likeness (QED) is 0.659. The predicted molar refractivity (Wildman–Crippen MR) is 129 cm³/mol. The Hall–Kier alpha value is -3.88. The van der Waals surface area contributed by atoms with E-state index in [1.807, 2.05) is 39.0 Å². The molecule has 36 heavy (non-hydrogen) atoms. The summed E-state index contributed by atoms with van der Waals surface area (Å²) in [5.41, 5.74) is 2.78. The van der Waals surface area contributed by atoms with Crippen LogP contribution >= 0.6 is 0 Å². The van der Waals surface area contributed by atoms with Crippen molar-refractivity contribution in [1.29, 1.82) is 0 Å². The standard InChI is InChI=1S/C27H29N3O6/c1-27(2,3)36-26(34)29-12-11-16-7-8-18(13-17(16)14-29)35-22-6-4-5-19-20(22)15-30(25(19)33)21-9-10-23(31)28-24(21)32/h4-8,13,21H,9-12,14-15H2,1-3H3,(H,28,31,32). The molecule has 0 aromatic heterocycles. The summed E-state index contributed by atoms with van der Waals surface area (Å²) in [6, 6.07) is 10.4. The molecular weight excluding hydrogens is 462 g/mol. The van der Waals surface area contributed by atoms with Crippen molar-refractivity contribution < 1.29 is 28.7 Å². The van der Waals surface area contributed by atoms with Gasteiger partial charge in [0.2, 0.25) is 11.8 Å². The van der Waals surface area contributed by atoms with Crippen molar-refractivity contribution in [2.75, 3.05) is 6.54 Å². The number of imide groups is 1. The van der Waals surface area contributed by atoms with E-state index in [4.69, 9.17) is 9.47 Å². The second-order valence-electron chi connectivity index (χ2n) is 10.4. The first kappa shape index (κ1) is 23.8. The van der Waals surface area contributed by atoms with E-state index >= 15 is 0 Å². The van der Waals surface area contributed by atoms with Gasteiger partial charge in [0.1, 0.15) is 23.1 Å². The highest BCUT2D eigenvalue weighted by atomic mass is 16.6. The molecule has 0 aliphatic carbocycles. The van der Waals surface area contributed by atoms with Crippen LogP contribution in [0.3, 0.4) is 0 Å². The molecule has 1 fully saturated rings. The van der Waals surface area contributed by atoms with Crippen LogP contribution in [-0.4, -0.2) is 51.8 Å². The van der Waals surface area contributed by atoms with Crippen LogP contribution in [0.1, 0.15) is 60.7 Å². The number of hydrogen-bond donors (Lipinski definition) is 1. The molecule has 3 aliphatic heterocycles. The van der Waals surface area contributed by atoms with Crippen LogP contribution in [0.4, 0.5) is 4.79 Å². The molecule has 0 bridgehead atoms. The molecule has 3 aliphatic rings. The summed E-state index contributed by atoms with van der Waals surface area (Å²) in [4.78, 5) is 52.7. The number of carbonyl (C=O) groups is 4. The molecule has 2 aromatic rings. The number of fused-ring (bicyclic) bond motifs is 2. The summed E-state index contributed by atoms with van der Waals surface area (Å²) in [5, 5.41) is 2.32. The Morgan fingerprint density at radius 2 is 1.83 bits per heavy atom. The second kappa shape index (κ2) is 8.96. The van der Waals surface area contributed by atoms with Gasteiger partial charge >= 0.3 is 6.09 Å². The highest BCUT2D eigenvalue weighted by Gasteiger charge is 2.40. The van der Waals surface area contributed by atoms with E-state index in [2.05, 4.69) is 5.32 Å². The van der Waals surface area contributed by atoms with Crippen LogP contribution in [0.25, 0.3) is 0 Å². The molecule has 1 unspecified atom stereocenters. The van der Waals surface area contributed by atoms with Crippen molar-refractivity contribution in [3.8, 4) is 11.5 Å². The number of amides is 4. The topological polar surface area (TPSA) is 105 Å². The summed E-state index contributed by atoms with van der Waals surface area (Å²) in [6.07, 6.45) is 0.896. The molecule has 4 amide bonds. The lowest BCUT2D eigenvalue weighted by Gasteiger charge is -2.31. The average molecular weight is 492 g/mol. The molecule has 3 heterocycles. The molecule has 0 spiro atoms. The SMILES string of the molecule is CC(C)(C)OC(=O)N1CCc2ccc(Oc3cccc4c3CN(C3CCC(=O)NC3=O)C4=O)cc2C1. The van der Waals surface area contributed by atoms with E-state index in [1.165, 1.54) is 4.90 Å². The molecule has 2 aromatic carbocycles. The summed E-state index contributed by atoms with van der Waals surface area (Å²) in [6.45, 7) is 6.79. The van der Waals surface area contributed by atoms with Gasteiger partial charge in [-0.1, -0.05) is 12.1 Å². The minimum Gasteiger partial charge on any atom is -0.457 e. The number of piperidine rings is 1. The summed E-state index contributed by atoms with van der Waals surface area (Å²) in [7, 11) is 0. The van der Waals surface area contributed by atoms with Gasteiger partial charge in [-0.15, -0.1) is 0 Å². The van der Waals surface area contributed by atoms with Crippen LogP contribution in [0, 0.1) is 0 Å². The van der Waals surface area contributed by atoms with Gasteiger partial charge in [0.25, 0.3) is 5.91 Å². The fourth-order valence-corrected chi connectivity index (χ4v) is 4.86. The number of nitrogens with zero attached hydrogens (tertiary/aromatic N) is 2. The second-order valence-corrected chi connectivity index (χ2v) is 10.4. The molecule has 1 N–H and O–H groups in total. The van der Waals surface area contributed by atoms with Crippen molar-refractivity contribution >= 4 is 23.8 Å². The van der Waals surface area contributed by atoms with Gasteiger partial charge in [0.05, 0.1) is 6.54 Å². The number of benzene rings is 2. The molecule has 1 saturated heterocycles. The summed E-state index contributed by atoms with van der Waals surface area (Å²) in [5.74, 6) is 0.125. The molecule has 0 radical (unpaired) electrons. The molecular formula is C27H29N3O6. The Labute approximate surface area is 209 Å². The normalized spacial score (nSPS) is 19.5. The highest BCUT2D eigenvalue weighted by Crippen LogP contribution is 2.36. The lowest BCUT2D eigenvalue weighted by molar-refractivity contribution is -0.136. The predicted octanol–water partition coefficient (Wildman–Crippen LogP) is 3.53. The number of carbonyl (C=O) groups excluding carboxylic acids is 4. The minimum absolute atomic E-state index is 0.204. The van der Waals surface area contributed by atoms with Crippen molar-refractivity contribution in [1.82, 2.24) is 15.1 Å². The Kier molecular flexibility index (Phi) is 5.94. The summed E-state index contributed by atoms with van der Waals surface area (Å²) < 4.78 is 11.7. The fourth-order valence-electron chi connectivity index (χ4n) is 4.86. The lowest BCUT2D eigenvalue weighted by atomic mass is 10.00. The number of rotatable bonds is 3. The molecule has 0 saturated carbocycles. The van der Waals surface area contributed by atoms with E-state index in [0.717, 1.165) is 17.5 Å². The van der Waals surface area contributed by atoms with Gasteiger partial charge in [0, 0.05) is 30.6 Å². The van der Waals surface area contributed by atoms with Crippen LogP contribution in [0.2, 0.25) is 0 Å². The van der Waals surface area contributed by atoms with Crippen molar-refractivity contribution in [2.45, 2.75) is 64.8 Å². The first-order chi connectivity index (χ1) is 17.1. The van der Waals surface area contributed by atoms with E-state index in [1.54, 1.807) is 23.1 Å². The third kappa shape index (κ3) is 4.65. The first-order valence-electron chi connectivity index (χ1n) is 12.1. The fraction of sp³-hybridized carbons (Fsp3) is 0.407. The molecule has 5 rings (SSSR count). The number of nitrogens with one attached hydrogen (secondary N) is 1. The smallest absolute Gasteiger partial charge is 0.410 e. The van der Waals surface area contributed by atoms with Crippen LogP contribution in [0.5, 0.6) is 11.5 Å². The molecule has 1 atom stereocenters. The Morgan fingerprint density at radius 1 is 1.03 bits per heavy atom. The van der Waals surface area contributed by atoms with Crippen LogP contribution < -0.4 is 10.1 Å². The molecule has 9 nitrogen and oxygen atoms in total. The third-order valence-corrected chi connectivity index (χ3v) is 6.61. The Balaban J connectivity index is 1.34. The first-order valence-corrected chi connectivity index (χ1v) is 12.1. The maximum Gasteiger partial charge on any atom is 0.410 e. The van der Waals surface area contributed by atoms with Gasteiger partial charge in [-0.3, -0.25) is 19.7 Å². The zero-order valence-electron chi connectivity index (χ0n) is 20.6. The zero-order valence-corrected chi connectivity index (χ0v) is 20.6. The van der Waals surface area contributed by atoms with Crippen molar-refractivity contribution in [3.63, 3.8) is 0 Å². The van der Waals surface area contributed by atoms with Gasteiger partial charge in [0.15, 0.2) is 0 Å². The van der Waals surface area contributed by atoms with Crippen LogP contribution in [0.15, 0.2) is 36.4 Å². The summed E-state index contributed by atoms with van der Waals surface area (Å²) >= 11 is 0. The molecule has 188 valence electrons. The van der Waals surface area contributed by atoms with E-state index in [9.17, 15) is 19.2 Å². The van der Waals surface area contributed by atoms with Gasteiger partial charge < -0.3 is 19.3 Å². The van der Waals surface area contributed by atoms with Crippen molar-refractivity contribution in [2.24, 2.45) is 0 Å². The van der Waals surface area contributed by atoms with E-state index < -0.39 is 17.6 Å². The van der Waals surface area contributed by atoms with E-state index in [0.29, 0.717) is 42.1 Å². The average Bonchev–Trinajstić information content (AvgIpc) is 3.15. The minimum atomic E-state index is -0.682. The van der Waals surface area contributed by atoms with Gasteiger partial charge in [-0.05, 0) is 69.0 Å².